The number of carbonyl (C=O) groups excluding carboxylic acids is 3. The van der Waals surface area contributed by atoms with E-state index in [0.29, 0.717) is 5.56 Å². The molecule has 2 atom stereocenters. The molecule has 0 N–H and O–H groups in total. The molecule has 3 aromatic carbocycles. The van der Waals surface area contributed by atoms with E-state index in [1.165, 1.54) is 19.1 Å². The van der Waals surface area contributed by atoms with Gasteiger partial charge in [0.1, 0.15) is 11.5 Å². The van der Waals surface area contributed by atoms with Gasteiger partial charge in [0, 0.05) is 12.0 Å². The molecule has 168 valence electrons. The number of Topliss-reactive ketones (excluding diaryl/α,β-unsaturated/α-hetero) is 1. The molecule has 0 unspecified atom stereocenters. The topological polar surface area (TPSA) is 97.6 Å². The number of carbonyl (C=O) groups is 3. The molecule has 2 bridgehead atoms. The molecule has 34 heavy (non-hydrogen) atoms. The van der Waals surface area contributed by atoms with Crippen LogP contribution >= 0.6 is 0 Å². The van der Waals surface area contributed by atoms with Gasteiger partial charge in [-0.25, -0.2) is 4.90 Å². The summed E-state index contributed by atoms with van der Waals surface area (Å²) >= 11 is 0. The van der Waals surface area contributed by atoms with Crippen LogP contribution in [-0.4, -0.2) is 22.5 Å². The third kappa shape index (κ3) is 2.24. The number of amides is 2. The van der Waals surface area contributed by atoms with Crippen molar-refractivity contribution in [3.05, 3.63) is 105 Å². The average Bonchev–Trinajstić information content (AvgIpc) is 3.09. The lowest BCUT2D eigenvalue weighted by Crippen LogP contribution is -2.57. The molecule has 1 heterocycles. The van der Waals surface area contributed by atoms with Gasteiger partial charge >= 0.3 is 0 Å². The van der Waals surface area contributed by atoms with Gasteiger partial charge in [0.05, 0.1) is 22.2 Å². The minimum Gasteiger partial charge on any atom is -0.299 e. The molecule has 0 radical (unpaired) electrons. The van der Waals surface area contributed by atoms with Crippen LogP contribution < -0.4 is 4.90 Å². The highest BCUT2D eigenvalue weighted by molar-refractivity contribution is 6.26. The minimum absolute atomic E-state index is 0.0498. The monoisotopic (exact) mass is 452 g/mol. The fourth-order valence-corrected chi connectivity index (χ4v) is 6.58. The molecule has 7 nitrogen and oxygen atoms in total. The first-order chi connectivity index (χ1) is 16.3. The smallest absolute Gasteiger partial charge is 0.293 e. The highest BCUT2D eigenvalue weighted by Crippen LogP contribution is 2.64. The summed E-state index contributed by atoms with van der Waals surface area (Å²) in [5.74, 6) is -3.48. The second-order valence-corrected chi connectivity index (χ2v) is 9.28. The maximum Gasteiger partial charge on any atom is 0.293 e. The van der Waals surface area contributed by atoms with Crippen LogP contribution in [0.5, 0.6) is 0 Å². The molecule has 3 aliphatic carbocycles. The highest BCUT2D eigenvalue weighted by Gasteiger charge is 2.70. The summed E-state index contributed by atoms with van der Waals surface area (Å²) in [5.41, 5.74) is 2.17. The van der Waals surface area contributed by atoms with E-state index in [1.54, 1.807) is 13.0 Å². The van der Waals surface area contributed by atoms with Gasteiger partial charge in [-0.15, -0.1) is 0 Å². The van der Waals surface area contributed by atoms with E-state index in [2.05, 4.69) is 0 Å². The maximum absolute atomic E-state index is 14.1. The van der Waals surface area contributed by atoms with Crippen molar-refractivity contribution in [2.75, 3.05) is 4.90 Å². The molecule has 1 aliphatic heterocycles. The average molecular weight is 452 g/mol. The van der Waals surface area contributed by atoms with Crippen LogP contribution in [0, 0.1) is 28.9 Å². The van der Waals surface area contributed by atoms with Crippen LogP contribution in [0.3, 0.4) is 0 Å². The molecule has 3 aromatic rings. The number of hydrogen-bond acceptors (Lipinski definition) is 5. The second-order valence-electron chi connectivity index (χ2n) is 9.28. The number of anilines is 1. The first kappa shape index (κ1) is 20.5. The lowest BCUT2D eigenvalue weighted by Gasteiger charge is -2.52. The normalized spacial score (nSPS) is 26.2. The molecule has 4 aliphatic rings. The van der Waals surface area contributed by atoms with E-state index in [4.69, 9.17) is 0 Å². The van der Waals surface area contributed by atoms with Crippen LogP contribution in [0.15, 0.2) is 66.7 Å². The van der Waals surface area contributed by atoms with Crippen LogP contribution in [0.25, 0.3) is 0 Å². The summed E-state index contributed by atoms with van der Waals surface area (Å²) in [6.07, 6.45) is 0. The molecular formula is C27H20N2O5. The number of imide groups is 1. The largest absolute Gasteiger partial charge is 0.299 e. The standard InChI is InChI=1S/C27H20N2O5/c1-14-11-12-20(21(13-14)29(33)34)28-25(31)23-22-16-7-3-5-9-18(16)27(15(2)30,24(23)26(28)32)19-10-6-4-8-17(19)22/h3-13,22-24H,1-2H3/t22?,23-,24+,27?/m1/s1. The predicted octanol–water partition coefficient (Wildman–Crippen LogP) is 4.04. The predicted molar refractivity (Wildman–Crippen MR) is 123 cm³/mol. The van der Waals surface area contributed by atoms with Crippen LogP contribution in [0.1, 0.15) is 40.7 Å². The van der Waals surface area contributed by atoms with Crippen molar-refractivity contribution in [2.24, 2.45) is 11.8 Å². The molecule has 7 heteroatoms. The Morgan fingerprint density at radius 1 is 0.941 bits per heavy atom. The molecule has 0 aromatic heterocycles. The van der Waals surface area contributed by atoms with Crippen molar-refractivity contribution in [3.8, 4) is 0 Å². The highest BCUT2D eigenvalue weighted by atomic mass is 16.6. The van der Waals surface area contributed by atoms with Crippen molar-refractivity contribution in [3.63, 3.8) is 0 Å². The Labute approximate surface area is 195 Å². The van der Waals surface area contributed by atoms with E-state index in [-0.39, 0.29) is 17.2 Å². The van der Waals surface area contributed by atoms with E-state index in [0.717, 1.165) is 27.2 Å². The first-order valence-corrected chi connectivity index (χ1v) is 11.1. The molecule has 0 saturated carbocycles. The molecule has 1 saturated heterocycles. The maximum atomic E-state index is 14.1. The Morgan fingerprint density at radius 2 is 1.53 bits per heavy atom. The fourth-order valence-electron chi connectivity index (χ4n) is 6.58. The summed E-state index contributed by atoms with van der Waals surface area (Å²) in [5, 5.41) is 11.8. The number of nitrogens with zero attached hydrogens (tertiary/aromatic N) is 2. The van der Waals surface area contributed by atoms with E-state index >= 15 is 0 Å². The Bertz CT molecular complexity index is 1410. The summed E-state index contributed by atoms with van der Waals surface area (Å²) in [6, 6.07) is 19.4. The van der Waals surface area contributed by atoms with E-state index < -0.39 is 39.9 Å². The molecule has 0 spiro atoms. The third-order valence-corrected chi connectivity index (χ3v) is 7.74. The Balaban J connectivity index is 1.66. The first-order valence-electron chi connectivity index (χ1n) is 11.1. The molecule has 2 amide bonds. The third-order valence-electron chi connectivity index (χ3n) is 7.74. The molecule has 7 rings (SSSR count). The van der Waals surface area contributed by atoms with Gasteiger partial charge in [-0.1, -0.05) is 54.6 Å². The number of nitro groups is 1. The van der Waals surface area contributed by atoms with E-state index in [9.17, 15) is 24.5 Å². The van der Waals surface area contributed by atoms with E-state index in [1.807, 2.05) is 48.5 Å². The van der Waals surface area contributed by atoms with Crippen LogP contribution in [-0.2, 0) is 19.8 Å². The summed E-state index contributed by atoms with van der Waals surface area (Å²) in [4.78, 5) is 53.8. The summed E-state index contributed by atoms with van der Waals surface area (Å²) < 4.78 is 0. The van der Waals surface area contributed by atoms with Crippen LogP contribution in [0.2, 0.25) is 0 Å². The zero-order chi connectivity index (χ0) is 23.9. The van der Waals surface area contributed by atoms with Gasteiger partial charge in [0.25, 0.3) is 5.69 Å². The van der Waals surface area contributed by atoms with Crippen molar-refractivity contribution in [1.29, 1.82) is 0 Å². The van der Waals surface area contributed by atoms with Gasteiger partial charge < -0.3 is 0 Å². The number of aryl methyl sites for hydroxylation is 1. The van der Waals surface area contributed by atoms with Gasteiger partial charge in [0.15, 0.2) is 0 Å². The summed E-state index contributed by atoms with van der Waals surface area (Å²) in [6.45, 7) is 3.17. The Hall–Kier alpha value is -4.13. The molecule has 1 fully saturated rings. The number of nitro benzene ring substituents is 1. The number of ketones is 1. The number of hydrogen-bond donors (Lipinski definition) is 0. The quantitative estimate of drug-likeness (QED) is 0.339. The number of benzene rings is 3. The second kappa shape index (κ2) is 6.70. The summed E-state index contributed by atoms with van der Waals surface area (Å²) in [7, 11) is 0. The Kier molecular flexibility index (Phi) is 4.03. The number of rotatable bonds is 3. The SMILES string of the molecule is CC(=O)C12c3ccccc3C(c3ccccc31)[C@H]1C(=O)N(c3ccc(C)cc3[N+](=O)[O-])C(=O)[C@H]12. The minimum atomic E-state index is -1.33. The van der Waals surface area contributed by atoms with Gasteiger partial charge in [-0.2, -0.15) is 0 Å². The van der Waals surface area contributed by atoms with Crippen molar-refractivity contribution >= 4 is 29.0 Å². The van der Waals surface area contributed by atoms with Crippen molar-refractivity contribution in [1.82, 2.24) is 0 Å². The zero-order valence-corrected chi connectivity index (χ0v) is 18.5. The lowest BCUT2D eigenvalue weighted by atomic mass is 9.46. The van der Waals surface area contributed by atoms with Gasteiger partial charge in [-0.05, 0) is 47.7 Å². The van der Waals surface area contributed by atoms with Crippen LogP contribution in [0.4, 0.5) is 11.4 Å². The zero-order valence-electron chi connectivity index (χ0n) is 18.5. The van der Waals surface area contributed by atoms with Crippen molar-refractivity contribution < 1.29 is 19.3 Å². The fraction of sp³-hybridized carbons (Fsp3) is 0.222. The lowest BCUT2D eigenvalue weighted by molar-refractivity contribution is -0.384. The van der Waals surface area contributed by atoms with Gasteiger partial charge in [0.2, 0.25) is 11.8 Å². The molecular weight excluding hydrogens is 432 g/mol. The van der Waals surface area contributed by atoms with Gasteiger partial charge in [-0.3, -0.25) is 24.5 Å². The van der Waals surface area contributed by atoms with Crippen molar-refractivity contribution in [2.45, 2.75) is 25.2 Å². The Morgan fingerprint density at radius 3 is 2.09 bits per heavy atom.